The van der Waals surface area contributed by atoms with E-state index < -0.39 is 11.6 Å². The predicted molar refractivity (Wildman–Crippen MR) is 68.2 cm³/mol. The third-order valence-electron chi connectivity index (χ3n) is 4.18. The van der Waals surface area contributed by atoms with E-state index in [2.05, 4.69) is 15.2 Å². The number of hydrogen-bond donors (Lipinski definition) is 2. The van der Waals surface area contributed by atoms with Gasteiger partial charge in [0.1, 0.15) is 11.6 Å². The van der Waals surface area contributed by atoms with Crippen molar-refractivity contribution in [1.29, 1.82) is 0 Å². The van der Waals surface area contributed by atoms with E-state index in [0.29, 0.717) is 5.56 Å². The largest absolute Gasteiger partial charge is 0.299 e. The first-order valence-corrected chi connectivity index (χ1v) is 6.56. The summed E-state index contributed by atoms with van der Waals surface area (Å²) >= 11 is 0. The van der Waals surface area contributed by atoms with Crippen molar-refractivity contribution in [2.75, 3.05) is 32.7 Å². The molecule has 3 aliphatic rings. The van der Waals surface area contributed by atoms with Crippen LogP contribution in [-0.2, 0) is 0 Å². The van der Waals surface area contributed by atoms with Crippen molar-refractivity contribution in [3.63, 3.8) is 0 Å². The summed E-state index contributed by atoms with van der Waals surface area (Å²) in [5.41, 5.74) is 3.14. The highest BCUT2D eigenvalue weighted by Crippen LogP contribution is 2.28. The Hall–Kier alpha value is -1.08. The lowest BCUT2D eigenvalue weighted by atomic mass is 9.94. The third-order valence-corrected chi connectivity index (χ3v) is 4.18. The minimum atomic E-state index is -0.564. The van der Waals surface area contributed by atoms with Gasteiger partial charge in [-0.3, -0.25) is 21.1 Å². The van der Waals surface area contributed by atoms with Crippen LogP contribution in [0.4, 0.5) is 8.78 Å². The van der Waals surface area contributed by atoms with E-state index in [-0.39, 0.29) is 12.1 Å². The standard InChI is InChI=1S/C13H18F2N4/c14-9-1-2-10(11(15)7-9)13(17-16)12-8-18-3-5-19(12)6-4-18/h1-2,7,12-13,17H,3-6,8,16H2. The van der Waals surface area contributed by atoms with Crippen molar-refractivity contribution in [3.05, 3.63) is 35.4 Å². The lowest BCUT2D eigenvalue weighted by Crippen LogP contribution is -2.64. The second kappa shape index (κ2) is 5.13. The monoisotopic (exact) mass is 268 g/mol. The fourth-order valence-electron chi connectivity index (χ4n) is 3.14. The van der Waals surface area contributed by atoms with Crippen molar-refractivity contribution in [2.24, 2.45) is 5.84 Å². The maximum Gasteiger partial charge on any atom is 0.131 e. The van der Waals surface area contributed by atoms with E-state index in [0.717, 1.165) is 38.8 Å². The summed E-state index contributed by atoms with van der Waals surface area (Å²) in [7, 11) is 0. The first-order valence-electron chi connectivity index (χ1n) is 6.56. The van der Waals surface area contributed by atoms with Gasteiger partial charge in [-0.15, -0.1) is 0 Å². The number of fused-ring (bicyclic) bond motifs is 3. The van der Waals surface area contributed by atoms with Crippen LogP contribution in [-0.4, -0.2) is 48.6 Å². The maximum atomic E-state index is 13.9. The molecule has 3 fully saturated rings. The first kappa shape index (κ1) is 12.9. The van der Waals surface area contributed by atoms with E-state index in [1.807, 2.05) is 0 Å². The molecule has 6 heteroatoms. The number of nitrogens with two attached hydrogens (primary N) is 1. The molecule has 1 aromatic rings. The Morgan fingerprint density at radius 2 is 1.95 bits per heavy atom. The van der Waals surface area contributed by atoms with Crippen LogP contribution in [0.25, 0.3) is 0 Å². The van der Waals surface area contributed by atoms with Crippen molar-refractivity contribution >= 4 is 0 Å². The molecule has 3 aliphatic heterocycles. The number of hydrazine groups is 1. The Morgan fingerprint density at radius 3 is 2.47 bits per heavy atom. The normalized spacial score (nSPS) is 31.4. The molecule has 4 rings (SSSR count). The summed E-state index contributed by atoms with van der Waals surface area (Å²) in [5.74, 6) is 4.51. The number of benzene rings is 1. The van der Waals surface area contributed by atoms with Crippen LogP contribution < -0.4 is 11.3 Å². The van der Waals surface area contributed by atoms with Crippen LogP contribution in [0.3, 0.4) is 0 Å². The summed E-state index contributed by atoms with van der Waals surface area (Å²) in [5, 5.41) is 0. The molecule has 1 aromatic carbocycles. The van der Waals surface area contributed by atoms with E-state index >= 15 is 0 Å². The number of halogens is 2. The second-order valence-electron chi connectivity index (χ2n) is 5.21. The molecular weight excluding hydrogens is 250 g/mol. The number of hydrogen-bond acceptors (Lipinski definition) is 4. The first-order chi connectivity index (χ1) is 9.19. The molecule has 2 unspecified atom stereocenters. The average Bonchev–Trinajstić information content (AvgIpc) is 2.43. The Morgan fingerprint density at radius 1 is 1.21 bits per heavy atom. The summed E-state index contributed by atoms with van der Waals surface area (Å²) in [6.45, 7) is 4.93. The van der Waals surface area contributed by atoms with Crippen LogP contribution in [0.1, 0.15) is 11.6 Å². The zero-order valence-electron chi connectivity index (χ0n) is 10.6. The molecule has 2 atom stereocenters. The van der Waals surface area contributed by atoms with Crippen molar-refractivity contribution in [1.82, 2.24) is 15.2 Å². The highest BCUT2D eigenvalue weighted by atomic mass is 19.1. The van der Waals surface area contributed by atoms with Crippen LogP contribution >= 0.6 is 0 Å². The molecule has 3 heterocycles. The molecule has 0 aromatic heterocycles. The molecule has 3 saturated heterocycles. The second-order valence-corrected chi connectivity index (χ2v) is 5.21. The van der Waals surface area contributed by atoms with Crippen molar-refractivity contribution in [2.45, 2.75) is 12.1 Å². The van der Waals surface area contributed by atoms with E-state index in [4.69, 9.17) is 5.84 Å². The Labute approximate surface area is 111 Å². The maximum absolute atomic E-state index is 13.9. The molecule has 2 bridgehead atoms. The Kier molecular flexibility index (Phi) is 3.49. The molecule has 3 N–H and O–H groups in total. The SMILES string of the molecule is NNC(c1ccc(F)cc1F)C1CN2CCN1CC2. The van der Waals surface area contributed by atoms with Gasteiger partial charge in [0.25, 0.3) is 0 Å². The highest BCUT2D eigenvalue weighted by molar-refractivity contribution is 5.24. The van der Waals surface area contributed by atoms with Gasteiger partial charge in [0.15, 0.2) is 0 Å². The molecule has 0 radical (unpaired) electrons. The van der Waals surface area contributed by atoms with E-state index in [1.54, 1.807) is 0 Å². The van der Waals surface area contributed by atoms with Gasteiger partial charge in [-0.05, 0) is 6.07 Å². The number of piperazine rings is 3. The van der Waals surface area contributed by atoms with Gasteiger partial charge in [-0.2, -0.15) is 0 Å². The molecule has 104 valence electrons. The van der Waals surface area contributed by atoms with Gasteiger partial charge in [0.2, 0.25) is 0 Å². The van der Waals surface area contributed by atoms with E-state index in [1.165, 1.54) is 12.1 Å². The number of nitrogens with one attached hydrogen (secondary N) is 1. The quantitative estimate of drug-likeness (QED) is 0.618. The summed E-state index contributed by atoms with van der Waals surface area (Å²) in [6.07, 6.45) is 0. The fraction of sp³-hybridized carbons (Fsp3) is 0.538. The minimum absolute atomic E-state index is 0.132. The van der Waals surface area contributed by atoms with Gasteiger partial charge in [-0.1, -0.05) is 6.07 Å². The zero-order chi connectivity index (χ0) is 13.4. The van der Waals surface area contributed by atoms with Gasteiger partial charge in [-0.25, -0.2) is 8.78 Å². The zero-order valence-corrected chi connectivity index (χ0v) is 10.6. The molecule has 0 saturated carbocycles. The lowest BCUT2D eigenvalue weighted by molar-refractivity contribution is -0.00421. The summed E-state index contributed by atoms with van der Waals surface area (Å²) in [4.78, 5) is 4.68. The third kappa shape index (κ3) is 2.36. The molecule has 4 nitrogen and oxygen atoms in total. The number of rotatable bonds is 3. The van der Waals surface area contributed by atoms with Crippen LogP contribution in [0.5, 0.6) is 0 Å². The number of nitrogens with zero attached hydrogens (tertiary/aromatic N) is 2. The Bertz CT molecular complexity index is 460. The Balaban J connectivity index is 1.88. The van der Waals surface area contributed by atoms with Crippen LogP contribution in [0, 0.1) is 11.6 Å². The van der Waals surface area contributed by atoms with Gasteiger partial charge in [0, 0.05) is 50.4 Å². The van der Waals surface area contributed by atoms with Gasteiger partial charge in [0.05, 0.1) is 6.04 Å². The van der Waals surface area contributed by atoms with Crippen LogP contribution in [0.2, 0.25) is 0 Å². The van der Waals surface area contributed by atoms with Crippen molar-refractivity contribution in [3.8, 4) is 0 Å². The molecule has 0 spiro atoms. The summed E-state index contributed by atoms with van der Waals surface area (Å²) < 4.78 is 26.9. The molecule has 0 amide bonds. The predicted octanol–water partition coefficient (Wildman–Crippen LogP) is 0.469. The van der Waals surface area contributed by atoms with Gasteiger partial charge >= 0.3 is 0 Å². The highest BCUT2D eigenvalue weighted by Gasteiger charge is 2.37. The lowest BCUT2D eigenvalue weighted by Gasteiger charge is -2.50. The summed E-state index contributed by atoms with van der Waals surface area (Å²) in [6, 6.07) is 3.49. The topological polar surface area (TPSA) is 44.5 Å². The minimum Gasteiger partial charge on any atom is -0.299 e. The average molecular weight is 268 g/mol. The molecular formula is C13H18F2N4. The van der Waals surface area contributed by atoms with E-state index in [9.17, 15) is 8.78 Å². The molecule has 19 heavy (non-hydrogen) atoms. The fourth-order valence-corrected chi connectivity index (χ4v) is 3.14. The smallest absolute Gasteiger partial charge is 0.131 e. The molecule has 0 aliphatic carbocycles. The van der Waals surface area contributed by atoms with Crippen molar-refractivity contribution < 1.29 is 8.78 Å². The van der Waals surface area contributed by atoms with Gasteiger partial charge < -0.3 is 0 Å². The van der Waals surface area contributed by atoms with Crippen LogP contribution in [0.15, 0.2) is 18.2 Å².